The summed E-state index contributed by atoms with van der Waals surface area (Å²) in [6, 6.07) is 11.4. The molecule has 0 radical (unpaired) electrons. The lowest BCUT2D eigenvalue weighted by atomic mass is 10.2. The van der Waals surface area contributed by atoms with Crippen LogP contribution in [-0.2, 0) is 6.54 Å². The number of benzene rings is 1. The Balaban J connectivity index is 1.96. The van der Waals surface area contributed by atoms with Crippen molar-refractivity contribution in [2.45, 2.75) is 6.54 Å². The molecule has 1 aromatic heterocycles. The maximum atomic E-state index is 11.3. The third-order valence-corrected chi connectivity index (χ3v) is 3.04. The molecule has 2 aromatic rings. The first-order chi connectivity index (χ1) is 9.19. The third kappa shape index (κ3) is 3.75. The van der Waals surface area contributed by atoms with Gasteiger partial charge in [-0.05, 0) is 29.8 Å². The Morgan fingerprint density at radius 1 is 1.16 bits per heavy atom. The summed E-state index contributed by atoms with van der Waals surface area (Å²) in [6.45, 7) is 0.654. The van der Waals surface area contributed by atoms with Gasteiger partial charge in [-0.25, -0.2) is 0 Å². The molecule has 2 rings (SSSR count). The molecule has 0 atom stereocenters. The minimum Gasteiger partial charge on any atom is -0.365 e. The fourth-order valence-electron chi connectivity index (χ4n) is 1.47. The van der Waals surface area contributed by atoms with Crippen molar-refractivity contribution in [3.05, 3.63) is 52.1 Å². The van der Waals surface area contributed by atoms with E-state index in [4.69, 9.17) is 0 Å². The standard InChI is InChI=1S/C13H13BrN4O/c1-15-13(19)11-6-7-12(18-17-11)16-8-9-2-4-10(14)5-3-9/h2-7H,8H2,1H3,(H,15,19)(H,16,18). The molecule has 98 valence electrons. The zero-order chi connectivity index (χ0) is 13.7. The topological polar surface area (TPSA) is 66.9 Å². The second-order valence-corrected chi connectivity index (χ2v) is 4.78. The highest BCUT2D eigenvalue weighted by Gasteiger charge is 2.05. The number of nitrogens with zero attached hydrogens (tertiary/aromatic N) is 2. The van der Waals surface area contributed by atoms with E-state index in [1.165, 1.54) is 0 Å². The van der Waals surface area contributed by atoms with Crippen LogP contribution in [0.15, 0.2) is 40.9 Å². The Kier molecular flexibility index (Phi) is 4.46. The second-order valence-electron chi connectivity index (χ2n) is 3.86. The van der Waals surface area contributed by atoms with E-state index in [2.05, 4.69) is 36.8 Å². The van der Waals surface area contributed by atoms with E-state index in [1.807, 2.05) is 24.3 Å². The Morgan fingerprint density at radius 3 is 2.47 bits per heavy atom. The first kappa shape index (κ1) is 13.5. The lowest BCUT2D eigenvalue weighted by molar-refractivity contribution is 0.0957. The summed E-state index contributed by atoms with van der Waals surface area (Å²) in [7, 11) is 1.56. The molecule has 19 heavy (non-hydrogen) atoms. The highest BCUT2D eigenvalue weighted by Crippen LogP contribution is 2.11. The average molecular weight is 321 g/mol. The van der Waals surface area contributed by atoms with Gasteiger partial charge in [-0.15, -0.1) is 10.2 Å². The number of halogens is 1. The largest absolute Gasteiger partial charge is 0.365 e. The predicted molar refractivity (Wildman–Crippen MR) is 76.9 cm³/mol. The van der Waals surface area contributed by atoms with Crippen molar-refractivity contribution in [3.63, 3.8) is 0 Å². The van der Waals surface area contributed by atoms with Crippen LogP contribution in [0.5, 0.6) is 0 Å². The first-order valence-corrected chi connectivity index (χ1v) is 6.52. The molecule has 6 heteroatoms. The molecule has 0 bridgehead atoms. The molecular weight excluding hydrogens is 308 g/mol. The quantitative estimate of drug-likeness (QED) is 0.906. The van der Waals surface area contributed by atoms with Crippen LogP contribution in [0, 0.1) is 0 Å². The van der Waals surface area contributed by atoms with Crippen LogP contribution in [0.3, 0.4) is 0 Å². The number of hydrogen-bond acceptors (Lipinski definition) is 4. The number of rotatable bonds is 4. The lowest BCUT2D eigenvalue weighted by Crippen LogP contribution is -2.19. The first-order valence-electron chi connectivity index (χ1n) is 5.73. The van der Waals surface area contributed by atoms with Crippen LogP contribution in [0.25, 0.3) is 0 Å². The molecular formula is C13H13BrN4O. The number of hydrogen-bond donors (Lipinski definition) is 2. The van der Waals surface area contributed by atoms with Gasteiger partial charge in [-0.1, -0.05) is 28.1 Å². The lowest BCUT2D eigenvalue weighted by Gasteiger charge is -2.05. The SMILES string of the molecule is CNC(=O)c1ccc(NCc2ccc(Br)cc2)nn1. The highest BCUT2D eigenvalue weighted by molar-refractivity contribution is 9.10. The van der Waals surface area contributed by atoms with Gasteiger partial charge in [-0.2, -0.15) is 0 Å². The number of nitrogens with one attached hydrogen (secondary N) is 2. The number of amides is 1. The van der Waals surface area contributed by atoms with Crippen molar-refractivity contribution in [1.29, 1.82) is 0 Å². The Labute approximate surface area is 119 Å². The molecule has 5 nitrogen and oxygen atoms in total. The van der Waals surface area contributed by atoms with Crippen LogP contribution in [0.1, 0.15) is 16.1 Å². The Morgan fingerprint density at radius 2 is 1.89 bits per heavy atom. The maximum Gasteiger partial charge on any atom is 0.271 e. The number of carbonyl (C=O) groups excluding carboxylic acids is 1. The smallest absolute Gasteiger partial charge is 0.271 e. The summed E-state index contributed by atoms with van der Waals surface area (Å²) < 4.78 is 1.05. The summed E-state index contributed by atoms with van der Waals surface area (Å²) in [5.74, 6) is 0.391. The summed E-state index contributed by atoms with van der Waals surface area (Å²) in [5.41, 5.74) is 1.44. The summed E-state index contributed by atoms with van der Waals surface area (Å²) in [5, 5.41) is 13.4. The number of anilines is 1. The van der Waals surface area contributed by atoms with Crippen molar-refractivity contribution in [2.75, 3.05) is 12.4 Å². The molecule has 0 spiro atoms. The van der Waals surface area contributed by atoms with Crippen molar-refractivity contribution in [3.8, 4) is 0 Å². The second kappa shape index (κ2) is 6.29. The molecule has 1 aromatic carbocycles. The maximum absolute atomic E-state index is 11.3. The number of aromatic nitrogens is 2. The van der Waals surface area contributed by atoms with Crippen molar-refractivity contribution < 1.29 is 4.79 Å². The van der Waals surface area contributed by atoms with Crippen molar-refractivity contribution in [2.24, 2.45) is 0 Å². The van der Waals surface area contributed by atoms with Gasteiger partial charge in [0.1, 0.15) is 5.82 Å². The summed E-state index contributed by atoms with van der Waals surface area (Å²) >= 11 is 3.39. The molecule has 0 aliphatic heterocycles. The van der Waals surface area contributed by atoms with Crippen LogP contribution in [0.2, 0.25) is 0 Å². The molecule has 0 unspecified atom stereocenters. The van der Waals surface area contributed by atoms with Crippen LogP contribution in [-0.4, -0.2) is 23.2 Å². The van der Waals surface area contributed by atoms with E-state index in [9.17, 15) is 4.79 Å². The zero-order valence-electron chi connectivity index (χ0n) is 10.4. The monoisotopic (exact) mass is 320 g/mol. The molecule has 0 saturated heterocycles. The third-order valence-electron chi connectivity index (χ3n) is 2.51. The predicted octanol–water partition coefficient (Wildman–Crippen LogP) is 2.21. The van der Waals surface area contributed by atoms with Gasteiger partial charge >= 0.3 is 0 Å². The van der Waals surface area contributed by atoms with Crippen LogP contribution < -0.4 is 10.6 Å². The normalized spacial score (nSPS) is 10.0. The Hall–Kier alpha value is -1.95. The minimum absolute atomic E-state index is 0.244. The minimum atomic E-state index is -0.244. The molecule has 1 amide bonds. The number of carbonyl (C=O) groups is 1. The Bertz CT molecular complexity index is 554. The van der Waals surface area contributed by atoms with Gasteiger partial charge < -0.3 is 10.6 Å². The molecule has 0 fully saturated rings. The van der Waals surface area contributed by atoms with E-state index in [-0.39, 0.29) is 5.91 Å². The van der Waals surface area contributed by atoms with E-state index in [0.717, 1.165) is 10.0 Å². The fourth-order valence-corrected chi connectivity index (χ4v) is 1.73. The molecule has 1 heterocycles. The summed E-state index contributed by atoms with van der Waals surface area (Å²) in [6.07, 6.45) is 0. The van der Waals surface area contributed by atoms with Gasteiger partial charge in [0.25, 0.3) is 5.91 Å². The van der Waals surface area contributed by atoms with Gasteiger partial charge in [0, 0.05) is 18.1 Å². The van der Waals surface area contributed by atoms with Gasteiger partial charge in [0.05, 0.1) is 0 Å². The van der Waals surface area contributed by atoms with E-state index in [1.54, 1.807) is 19.2 Å². The molecule has 0 aliphatic rings. The van der Waals surface area contributed by atoms with Gasteiger partial charge in [0.15, 0.2) is 5.69 Å². The molecule has 0 saturated carbocycles. The summed E-state index contributed by atoms with van der Waals surface area (Å²) in [4.78, 5) is 11.3. The zero-order valence-corrected chi connectivity index (χ0v) is 11.9. The van der Waals surface area contributed by atoms with Crippen molar-refractivity contribution >= 4 is 27.7 Å². The fraction of sp³-hybridized carbons (Fsp3) is 0.154. The molecule has 0 aliphatic carbocycles. The van der Waals surface area contributed by atoms with Crippen molar-refractivity contribution in [1.82, 2.24) is 15.5 Å². The molecule has 2 N–H and O–H groups in total. The van der Waals surface area contributed by atoms with E-state index < -0.39 is 0 Å². The van der Waals surface area contributed by atoms with E-state index in [0.29, 0.717) is 18.1 Å². The van der Waals surface area contributed by atoms with Crippen LogP contribution in [0.4, 0.5) is 5.82 Å². The average Bonchev–Trinajstić information content (AvgIpc) is 2.46. The van der Waals surface area contributed by atoms with E-state index >= 15 is 0 Å². The van der Waals surface area contributed by atoms with Gasteiger partial charge in [-0.3, -0.25) is 4.79 Å². The highest BCUT2D eigenvalue weighted by atomic mass is 79.9. The van der Waals surface area contributed by atoms with Crippen LogP contribution >= 0.6 is 15.9 Å². The van der Waals surface area contributed by atoms with Gasteiger partial charge in [0.2, 0.25) is 0 Å².